The first-order valence-electron chi connectivity index (χ1n) is 6.96. The zero-order valence-corrected chi connectivity index (χ0v) is 14.8. The van der Waals surface area contributed by atoms with Gasteiger partial charge in [0.25, 0.3) is 0 Å². The van der Waals surface area contributed by atoms with Crippen molar-refractivity contribution in [1.29, 1.82) is 0 Å². The van der Waals surface area contributed by atoms with Crippen LogP contribution < -0.4 is 10.1 Å². The Kier molecular flexibility index (Phi) is 7.00. The minimum atomic E-state index is 0.0572. The Labute approximate surface area is 131 Å². The van der Waals surface area contributed by atoms with E-state index in [-0.39, 0.29) is 5.41 Å². The third-order valence-electron chi connectivity index (χ3n) is 3.62. The van der Waals surface area contributed by atoms with Crippen LogP contribution in [0.5, 0.6) is 5.75 Å². The van der Waals surface area contributed by atoms with Crippen LogP contribution in [0, 0.1) is 6.92 Å². The monoisotopic (exact) mass is 343 g/mol. The molecule has 0 unspecified atom stereocenters. The summed E-state index contributed by atoms with van der Waals surface area (Å²) in [6, 6.07) is 4.28. The maximum absolute atomic E-state index is 5.55. The van der Waals surface area contributed by atoms with Gasteiger partial charge in [-0.15, -0.1) is 0 Å². The van der Waals surface area contributed by atoms with Gasteiger partial charge in [-0.25, -0.2) is 0 Å². The molecule has 0 saturated heterocycles. The Hall–Kier alpha value is -0.580. The normalized spacial score (nSPS) is 11.7. The summed E-state index contributed by atoms with van der Waals surface area (Å²) < 4.78 is 11.7. The van der Waals surface area contributed by atoms with Gasteiger partial charge in [-0.3, -0.25) is 0 Å². The molecule has 0 aliphatic rings. The van der Waals surface area contributed by atoms with Crippen LogP contribution in [-0.2, 0) is 10.2 Å². The second-order valence-corrected chi connectivity index (χ2v) is 6.53. The molecule has 0 aliphatic heterocycles. The zero-order chi connectivity index (χ0) is 15.2. The summed E-state index contributed by atoms with van der Waals surface area (Å²) in [4.78, 5) is 0. The van der Waals surface area contributed by atoms with Gasteiger partial charge in [0, 0.05) is 23.7 Å². The lowest BCUT2D eigenvalue weighted by Crippen LogP contribution is -2.28. The first-order valence-corrected chi connectivity index (χ1v) is 7.76. The Bertz CT molecular complexity index is 433. The van der Waals surface area contributed by atoms with Gasteiger partial charge in [0.1, 0.15) is 5.75 Å². The van der Waals surface area contributed by atoms with Crippen molar-refractivity contribution in [3.63, 3.8) is 0 Å². The number of ether oxygens (including phenoxy) is 2. The lowest BCUT2D eigenvalue weighted by molar-refractivity contribution is 0.198. The van der Waals surface area contributed by atoms with Crippen molar-refractivity contribution in [2.45, 2.75) is 32.6 Å². The highest BCUT2D eigenvalue weighted by Crippen LogP contribution is 2.37. The lowest BCUT2D eigenvalue weighted by Gasteiger charge is -2.28. The van der Waals surface area contributed by atoms with Crippen LogP contribution >= 0.6 is 15.9 Å². The summed E-state index contributed by atoms with van der Waals surface area (Å²) >= 11 is 3.62. The Morgan fingerprint density at radius 2 is 1.90 bits per heavy atom. The average molecular weight is 344 g/mol. The van der Waals surface area contributed by atoms with Crippen LogP contribution in [-0.4, -0.2) is 33.9 Å². The molecule has 0 saturated carbocycles. The molecule has 20 heavy (non-hydrogen) atoms. The molecule has 0 amide bonds. The summed E-state index contributed by atoms with van der Waals surface area (Å²) in [5.74, 6) is 0.965. The molecule has 1 rings (SSSR count). The molecule has 1 aromatic rings. The van der Waals surface area contributed by atoms with Gasteiger partial charge < -0.3 is 14.8 Å². The molecule has 0 radical (unpaired) electrons. The molecule has 0 fully saturated rings. The first kappa shape index (κ1) is 17.5. The van der Waals surface area contributed by atoms with Gasteiger partial charge in [0.2, 0.25) is 0 Å². The molecule has 1 N–H and O–H groups in total. The molecule has 3 nitrogen and oxygen atoms in total. The van der Waals surface area contributed by atoms with E-state index in [9.17, 15) is 0 Å². The van der Waals surface area contributed by atoms with Gasteiger partial charge in [-0.1, -0.05) is 29.8 Å². The van der Waals surface area contributed by atoms with Gasteiger partial charge >= 0.3 is 0 Å². The molecular weight excluding hydrogens is 318 g/mol. The van der Waals surface area contributed by atoms with Crippen molar-refractivity contribution in [3.8, 4) is 5.75 Å². The fraction of sp³-hybridized carbons (Fsp3) is 0.625. The standard InChI is InChI=1S/C16H26BrNO2/c1-12-10-15(20-5)13(11-14(12)17)16(2,3)6-7-18-8-9-19-4/h10-11,18H,6-9H2,1-5H3. The fourth-order valence-corrected chi connectivity index (χ4v) is 2.53. The van der Waals surface area contributed by atoms with Crippen LogP contribution in [0.2, 0.25) is 0 Å². The molecule has 4 heteroatoms. The van der Waals surface area contributed by atoms with E-state index in [1.165, 1.54) is 11.1 Å². The van der Waals surface area contributed by atoms with Crippen LogP contribution in [0.15, 0.2) is 16.6 Å². The predicted molar refractivity (Wildman–Crippen MR) is 87.8 cm³/mol. The third-order valence-corrected chi connectivity index (χ3v) is 4.47. The van der Waals surface area contributed by atoms with Crippen LogP contribution in [0.1, 0.15) is 31.4 Å². The summed E-state index contributed by atoms with van der Waals surface area (Å²) in [7, 11) is 3.46. The maximum atomic E-state index is 5.55. The number of hydrogen-bond donors (Lipinski definition) is 1. The first-order chi connectivity index (χ1) is 9.42. The topological polar surface area (TPSA) is 30.5 Å². The Balaban J connectivity index is 2.78. The molecule has 114 valence electrons. The van der Waals surface area contributed by atoms with Crippen molar-refractivity contribution in [3.05, 3.63) is 27.7 Å². The van der Waals surface area contributed by atoms with E-state index in [0.29, 0.717) is 0 Å². The lowest BCUT2D eigenvalue weighted by atomic mass is 9.80. The highest BCUT2D eigenvalue weighted by molar-refractivity contribution is 9.10. The minimum Gasteiger partial charge on any atom is -0.496 e. The summed E-state index contributed by atoms with van der Waals surface area (Å²) in [5.41, 5.74) is 2.49. The highest BCUT2D eigenvalue weighted by Gasteiger charge is 2.24. The highest BCUT2D eigenvalue weighted by atomic mass is 79.9. The van der Waals surface area contributed by atoms with E-state index < -0.39 is 0 Å². The van der Waals surface area contributed by atoms with E-state index in [4.69, 9.17) is 9.47 Å². The number of halogens is 1. The molecule has 0 aliphatic carbocycles. The Morgan fingerprint density at radius 1 is 1.20 bits per heavy atom. The van der Waals surface area contributed by atoms with E-state index in [0.717, 1.165) is 36.3 Å². The van der Waals surface area contributed by atoms with E-state index >= 15 is 0 Å². The van der Waals surface area contributed by atoms with E-state index in [1.807, 2.05) is 0 Å². The van der Waals surface area contributed by atoms with E-state index in [1.54, 1.807) is 14.2 Å². The summed E-state index contributed by atoms with van der Waals surface area (Å²) in [6.07, 6.45) is 1.04. The third kappa shape index (κ3) is 4.76. The minimum absolute atomic E-state index is 0.0572. The SMILES string of the molecule is COCCNCCC(C)(C)c1cc(Br)c(C)cc1OC. The predicted octanol–water partition coefficient (Wildman–Crippen LogP) is 3.67. The maximum Gasteiger partial charge on any atom is 0.122 e. The van der Waals surface area contributed by atoms with Crippen molar-refractivity contribution in [1.82, 2.24) is 5.32 Å². The second kappa shape index (κ2) is 8.01. The molecule has 0 atom stereocenters. The van der Waals surface area contributed by atoms with Crippen molar-refractivity contribution in [2.24, 2.45) is 0 Å². The number of benzene rings is 1. The number of aryl methyl sites for hydroxylation is 1. The summed E-state index contributed by atoms with van der Waals surface area (Å²) in [6.45, 7) is 9.19. The van der Waals surface area contributed by atoms with Gasteiger partial charge in [0.05, 0.1) is 13.7 Å². The molecule has 0 heterocycles. The van der Waals surface area contributed by atoms with Gasteiger partial charge in [-0.05, 0) is 43.0 Å². The number of rotatable bonds is 8. The molecule has 0 aromatic heterocycles. The van der Waals surface area contributed by atoms with E-state index in [2.05, 4.69) is 54.2 Å². The largest absolute Gasteiger partial charge is 0.496 e. The molecule has 0 spiro atoms. The molecular formula is C16H26BrNO2. The van der Waals surface area contributed by atoms with Crippen molar-refractivity contribution >= 4 is 15.9 Å². The van der Waals surface area contributed by atoms with Crippen molar-refractivity contribution < 1.29 is 9.47 Å². The fourth-order valence-electron chi connectivity index (χ4n) is 2.19. The zero-order valence-electron chi connectivity index (χ0n) is 13.2. The van der Waals surface area contributed by atoms with Crippen molar-refractivity contribution in [2.75, 3.05) is 33.9 Å². The Morgan fingerprint density at radius 3 is 2.50 bits per heavy atom. The molecule has 0 bridgehead atoms. The summed E-state index contributed by atoms with van der Waals surface area (Å²) in [5, 5.41) is 3.40. The average Bonchev–Trinajstić information content (AvgIpc) is 2.41. The smallest absolute Gasteiger partial charge is 0.122 e. The second-order valence-electron chi connectivity index (χ2n) is 5.68. The van der Waals surface area contributed by atoms with Crippen LogP contribution in [0.4, 0.5) is 0 Å². The van der Waals surface area contributed by atoms with Crippen LogP contribution in [0.25, 0.3) is 0 Å². The number of hydrogen-bond acceptors (Lipinski definition) is 3. The number of methoxy groups -OCH3 is 2. The van der Waals surface area contributed by atoms with Crippen LogP contribution in [0.3, 0.4) is 0 Å². The number of nitrogens with one attached hydrogen (secondary N) is 1. The van der Waals surface area contributed by atoms with Gasteiger partial charge in [0.15, 0.2) is 0 Å². The van der Waals surface area contributed by atoms with Gasteiger partial charge in [-0.2, -0.15) is 0 Å². The molecule has 1 aromatic carbocycles. The quantitative estimate of drug-likeness (QED) is 0.730.